The number of hydrogen-bond donors (Lipinski definition) is 2. The van der Waals surface area contributed by atoms with Gasteiger partial charge in [0.05, 0.1) is 31.3 Å². The molecule has 3 N–H and O–H groups in total. The second-order valence-corrected chi connectivity index (χ2v) is 13.8. The average Bonchev–Trinajstić information content (AvgIpc) is 3.47. The Morgan fingerprint density at radius 1 is 1.00 bits per heavy atom. The fourth-order valence-electron chi connectivity index (χ4n) is 6.52. The van der Waals surface area contributed by atoms with Crippen LogP contribution in [0.25, 0.3) is 0 Å². The van der Waals surface area contributed by atoms with Crippen LogP contribution in [-0.4, -0.2) is 51.5 Å². The van der Waals surface area contributed by atoms with E-state index in [0.29, 0.717) is 24.3 Å². The number of carbonyl (C=O) groups excluding carboxylic acids is 1. The Kier molecular flexibility index (Phi) is 12.4. The van der Waals surface area contributed by atoms with Crippen molar-refractivity contribution in [1.29, 1.82) is 0 Å². The van der Waals surface area contributed by atoms with E-state index >= 15 is 0 Å². The number of nitrogens with two attached hydrogens (primary N) is 1. The zero-order chi connectivity index (χ0) is 33.2. The highest BCUT2D eigenvalue weighted by Gasteiger charge is 2.37. The van der Waals surface area contributed by atoms with Crippen LogP contribution in [0.5, 0.6) is 0 Å². The van der Waals surface area contributed by atoms with Crippen molar-refractivity contribution in [2.24, 2.45) is 11.1 Å². The third-order valence-electron chi connectivity index (χ3n) is 9.62. The van der Waals surface area contributed by atoms with Gasteiger partial charge < -0.3 is 25.3 Å². The Morgan fingerprint density at radius 3 is 2.15 bits per heavy atom. The van der Waals surface area contributed by atoms with Crippen LogP contribution >= 0.6 is 0 Å². The second kappa shape index (κ2) is 16.2. The molecule has 248 valence electrons. The maximum Gasteiger partial charge on any atom is 0.154 e. The molecule has 46 heavy (non-hydrogen) atoms. The van der Waals surface area contributed by atoms with E-state index in [1.165, 1.54) is 63.1 Å². The van der Waals surface area contributed by atoms with E-state index < -0.39 is 11.6 Å². The standard InChI is InChI=1S/C23H31N3.C16H24N2O2/c1-19-17-26(18-24-19)22(21-9-5-3-6-10-21)20(2)25-15-13-23(14-16-25)11-7-4-8-12-23;1-12(19)15(18-13(2)16(3,4)17)11-20-10-14-8-6-5-7-9-14/h3,5-6,9-10,17-18,22H,2,4,7-8,11-16H2,1H3;5-9,15,18H,2,10-11,17H2,1,3-4H3. The monoisotopic (exact) mass is 625 g/mol. The first kappa shape index (κ1) is 35.2. The molecule has 0 bridgehead atoms. The number of allylic oxidation sites excluding steroid dienone is 1. The molecule has 0 amide bonds. The Balaban J connectivity index is 0.000000217. The molecule has 5 rings (SSSR count). The van der Waals surface area contributed by atoms with Gasteiger partial charge in [-0.1, -0.05) is 93.1 Å². The summed E-state index contributed by atoms with van der Waals surface area (Å²) >= 11 is 0. The van der Waals surface area contributed by atoms with Crippen molar-refractivity contribution >= 4 is 5.78 Å². The molecule has 1 saturated heterocycles. The van der Waals surface area contributed by atoms with Crippen molar-refractivity contribution < 1.29 is 9.53 Å². The highest BCUT2D eigenvalue weighted by atomic mass is 16.5. The Morgan fingerprint density at radius 2 is 1.61 bits per heavy atom. The van der Waals surface area contributed by atoms with Gasteiger partial charge in [-0.2, -0.15) is 0 Å². The molecule has 7 nitrogen and oxygen atoms in total. The number of imidazole rings is 1. The normalized spacial score (nSPS) is 17.4. The van der Waals surface area contributed by atoms with Crippen molar-refractivity contribution in [3.05, 3.63) is 115 Å². The van der Waals surface area contributed by atoms with Crippen LogP contribution in [0.4, 0.5) is 0 Å². The van der Waals surface area contributed by atoms with Gasteiger partial charge in [0.25, 0.3) is 0 Å². The summed E-state index contributed by atoms with van der Waals surface area (Å²) in [7, 11) is 0. The van der Waals surface area contributed by atoms with Gasteiger partial charge in [-0.15, -0.1) is 0 Å². The smallest absolute Gasteiger partial charge is 0.154 e. The first-order chi connectivity index (χ1) is 22.0. The summed E-state index contributed by atoms with van der Waals surface area (Å²) in [6.45, 7) is 18.7. The van der Waals surface area contributed by atoms with Crippen molar-refractivity contribution in [3.63, 3.8) is 0 Å². The predicted octanol–water partition coefficient (Wildman–Crippen LogP) is 7.34. The van der Waals surface area contributed by atoms with Crippen LogP contribution in [0, 0.1) is 12.3 Å². The molecule has 3 aromatic rings. The zero-order valence-electron chi connectivity index (χ0n) is 28.5. The lowest BCUT2D eigenvalue weighted by atomic mass is 9.68. The molecule has 7 heteroatoms. The number of Topliss-reactive ketones (excluding diaryl/α,β-unsaturated/α-hetero) is 1. The number of aromatic nitrogens is 2. The summed E-state index contributed by atoms with van der Waals surface area (Å²) in [5.41, 5.74) is 11.2. The third kappa shape index (κ3) is 9.91. The fraction of sp³-hybridized carbons (Fsp3) is 0.487. The lowest BCUT2D eigenvalue weighted by molar-refractivity contribution is -0.120. The van der Waals surface area contributed by atoms with E-state index in [9.17, 15) is 4.79 Å². The number of nitrogens with one attached hydrogen (secondary N) is 1. The number of likely N-dealkylation sites (tertiary alicyclic amines) is 1. The van der Waals surface area contributed by atoms with E-state index in [1.807, 2.05) is 50.5 Å². The van der Waals surface area contributed by atoms with Crippen molar-refractivity contribution in [3.8, 4) is 0 Å². The van der Waals surface area contributed by atoms with Crippen LogP contribution < -0.4 is 11.1 Å². The highest BCUT2D eigenvalue weighted by molar-refractivity contribution is 5.81. The van der Waals surface area contributed by atoms with Gasteiger partial charge >= 0.3 is 0 Å². The first-order valence-electron chi connectivity index (χ1n) is 16.8. The molecule has 2 heterocycles. The SMILES string of the molecule is C=C(C(c1ccccc1)n1cnc(C)c1)N1CCC2(CCCCC2)CC1.C=C(NC(COCc1ccccc1)C(C)=O)C(C)(C)N. The van der Waals surface area contributed by atoms with E-state index in [0.717, 1.165) is 24.3 Å². The molecule has 1 aliphatic heterocycles. The third-order valence-corrected chi connectivity index (χ3v) is 9.62. The minimum Gasteiger partial charge on any atom is -0.376 e. The van der Waals surface area contributed by atoms with E-state index in [2.05, 4.69) is 76.4 Å². The van der Waals surface area contributed by atoms with Gasteiger partial charge in [-0.25, -0.2) is 4.98 Å². The number of ketones is 1. The number of aryl methyl sites for hydroxylation is 1. The maximum absolute atomic E-state index is 11.6. The second-order valence-electron chi connectivity index (χ2n) is 13.8. The van der Waals surface area contributed by atoms with Gasteiger partial charge in [-0.3, -0.25) is 4.79 Å². The summed E-state index contributed by atoms with van der Waals surface area (Å²) in [5, 5.41) is 3.05. The quantitative estimate of drug-likeness (QED) is 0.219. The summed E-state index contributed by atoms with van der Waals surface area (Å²) in [6, 6.07) is 20.3. The summed E-state index contributed by atoms with van der Waals surface area (Å²) < 4.78 is 7.81. The molecule has 0 radical (unpaired) electrons. The molecular weight excluding hydrogens is 570 g/mol. The molecule has 2 aliphatic rings. The number of piperidine rings is 1. The van der Waals surface area contributed by atoms with Crippen LogP contribution in [0.15, 0.2) is 97.7 Å². The first-order valence-corrected chi connectivity index (χ1v) is 16.8. The number of ether oxygens (including phenoxy) is 1. The number of carbonyl (C=O) groups is 1. The summed E-state index contributed by atoms with van der Waals surface area (Å²) in [4.78, 5) is 18.6. The lowest BCUT2D eigenvalue weighted by Gasteiger charge is -2.46. The predicted molar refractivity (Wildman–Crippen MR) is 188 cm³/mol. The molecule has 1 aliphatic carbocycles. The maximum atomic E-state index is 11.6. The van der Waals surface area contributed by atoms with Crippen molar-refractivity contribution in [1.82, 2.24) is 19.8 Å². The molecule has 1 aromatic heterocycles. The van der Waals surface area contributed by atoms with Crippen LogP contribution in [0.2, 0.25) is 0 Å². The molecule has 1 saturated carbocycles. The van der Waals surface area contributed by atoms with Gasteiger partial charge in [0, 0.05) is 36.2 Å². The largest absolute Gasteiger partial charge is 0.376 e. The number of benzene rings is 2. The molecular formula is C39H55N5O2. The summed E-state index contributed by atoms with van der Waals surface area (Å²) in [6.07, 6.45) is 13.9. The Hall–Kier alpha value is -3.68. The molecule has 1 spiro atoms. The van der Waals surface area contributed by atoms with Gasteiger partial charge in [-0.05, 0) is 69.9 Å². The highest BCUT2D eigenvalue weighted by Crippen LogP contribution is 2.45. The number of rotatable bonds is 12. The molecule has 2 fully saturated rings. The van der Waals surface area contributed by atoms with Crippen LogP contribution in [0.3, 0.4) is 0 Å². The fourth-order valence-corrected chi connectivity index (χ4v) is 6.52. The summed E-state index contributed by atoms with van der Waals surface area (Å²) in [5.74, 6) is 0.00321. The molecule has 2 atom stereocenters. The van der Waals surface area contributed by atoms with Gasteiger partial charge in [0.1, 0.15) is 6.04 Å². The van der Waals surface area contributed by atoms with Crippen LogP contribution in [0.1, 0.15) is 88.6 Å². The van der Waals surface area contributed by atoms with E-state index in [-0.39, 0.29) is 11.8 Å². The van der Waals surface area contributed by atoms with Gasteiger partial charge in [0.2, 0.25) is 0 Å². The zero-order valence-corrected chi connectivity index (χ0v) is 28.5. The number of hydrogen-bond acceptors (Lipinski definition) is 6. The van der Waals surface area contributed by atoms with Gasteiger partial charge in [0.15, 0.2) is 5.78 Å². The topological polar surface area (TPSA) is 85.4 Å². The number of nitrogens with zero attached hydrogens (tertiary/aromatic N) is 3. The van der Waals surface area contributed by atoms with Crippen molar-refractivity contribution in [2.45, 2.75) is 96.9 Å². The van der Waals surface area contributed by atoms with E-state index in [1.54, 1.807) is 0 Å². The lowest BCUT2D eigenvalue weighted by Crippen LogP contribution is -2.47. The van der Waals surface area contributed by atoms with E-state index in [4.69, 9.17) is 10.5 Å². The Labute approximate surface area is 276 Å². The average molecular weight is 626 g/mol. The molecule has 2 aromatic carbocycles. The minimum atomic E-state index is -0.576. The van der Waals surface area contributed by atoms with Crippen molar-refractivity contribution in [2.75, 3.05) is 19.7 Å². The van der Waals surface area contributed by atoms with Crippen LogP contribution in [-0.2, 0) is 16.1 Å². The minimum absolute atomic E-state index is 0.00321. The molecule has 2 unspecified atom stereocenters. The Bertz CT molecular complexity index is 1390.